The van der Waals surface area contributed by atoms with E-state index >= 15 is 0 Å². The average molecular weight is 379 g/mol. The number of fused-ring (bicyclic) bond motifs is 1. The molecule has 2 aromatic carbocycles. The quantitative estimate of drug-likeness (QED) is 0.868. The molecule has 28 heavy (non-hydrogen) atoms. The molecule has 0 saturated carbocycles. The lowest BCUT2D eigenvalue weighted by molar-refractivity contribution is -0.123. The van der Waals surface area contributed by atoms with E-state index in [9.17, 15) is 9.59 Å². The fraction of sp³-hybridized carbons (Fsp3) is 0.364. The van der Waals surface area contributed by atoms with E-state index < -0.39 is 0 Å². The van der Waals surface area contributed by atoms with Gasteiger partial charge >= 0.3 is 0 Å². The molecule has 2 aliphatic heterocycles. The van der Waals surface area contributed by atoms with Crippen LogP contribution < -0.4 is 10.2 Å². The number of hydrogen-bond donors (Lipinski definition) is 1. The van der Waals surface area contributed by atoms with Gasteiger partial charge in [-0.25, -0.2) is 0 Å². The van der Waals surface area contributed by atoms with Crippen molar-refractivity contribution in [2.75, 3.05) is 36.4 Å². The summed E-state index contributed by atoms with van der Waals surface area (Å²) >= 11 is 0. The Morgan fingerprint density at radius 1 is 1.04 bits per heavy atom. The van der Waals surface area contributed by atoms with E-state index in [0.29, 0.717) is 18.8 Å². The molecule has 0 spiro atoms. The number of benzene rings is 2. The summed E-state index contributed by atoms with van der Waals surface area (Å²) in [6, 6.07) is 17.6. The Labute approximate surface area is 165 Å². The Balaban J connectivity index is 1.28. The van der Waals surface area contributed by atoms with E-state index in [1.165, 1.54) is 5.56 Å². The lowest BCUT2D eigenvalue weighted by atomic mass is 10.1. The number of nitrogens with zero attached hydrogens (tertiary/aromatic N) is 2. The first-order chi connectivity index (χ1) is 13.7. The van der Waals surface area contributed by atoms with Gasteiger partial charge in [0, 0.05) is 13.1 Å². The molecule has 0 unspecified atom stereocenters. The molecule has 1 fully saturated rings. The second-order valence-electron chi connectivity index (χ2n) is 7.32. The maximum absolute atomic E-state index is 12.8. The third-order valence-electron chi connectivity index (χ3n) is 5.29. The van der Waals surface area contributed by atoms with Crippen molar-refractivity contribution in [1.29, 1.82) is 0 Å². The second-order valence-corrected chi connectivity index (χ2v) is 7.32. The van der Waals surface area contributed by atoms with Crippen molar-refractivity contribution in [3.05, 3.63) is 60.2 Å². The van der Waals surface area contributed by atoms with Crippen LogP contribution in [0.15, 0.2) is 54.6 Å². The van der Waals surface area contributed by atoms with Gasteiger partial charge in [0.25, 0.3) is 0 Å². The Hall–Kier alpha value is -2.70. The minimum Gasteiger partial charge on any atom is -0.373 e. The van der Waals surface area contributed by atoms with Crippen molar-refractivity contribution in [2.24, 2.45) is 0 Å². The SMILES string of the molecule is O=C1CN(C(=O)CN2CCC(OCc3ccccc3)CC2)c2ccccc2N1. The number of piperidine rings is 1. The molecule has 0 aliphatic carbocycles. The number of amides is 2. The first kappa shape index (κ1) is 18.7. The predicted octanol–water partition coefficient (Wildman–Crippen LogP) is 2.65. The molecule has 1 N–H and O–H groups in total. The number of anilines is 2. The summed E-state index contributed by atoms with van der Waals surface area (Å²) in [5, 5.41) is 2.82. The number of rotatable bonds is 5. The Morgan fingerprint density at radius 2 is 1.75 bits per heavy atom. The van der Waals surface area contributed by atoms with Crippen molar-refractivity contribution in [3.8, 4) is 0 Å². The van der Waals surface area contributed by atoms with Gasteiger partial charge in [0.05, 0.1) is 30.6 Å². The van der Waals surface area contributed by atoms with Gasteiger partial charge in [-0.1, -0.05) is 42.5 Å². The van der Waals surface area contributed by atoms with E-state index in [1.54, 1.807) is 4.90 Å². The molecule has 6 nitrogen and oxygen atoms in total. The van der Waals surface area contributed by atoms with Crippen LogP contribution in [0.1, 0.15) is 18.4 Å². The van der Waals surface area contributed by atoms with E-state index in [1.807, 2.05) is 42.5 Å². The number of hydrogen-bond acceptors (Lipinski definition) is 4. The zero-order valence-electron chi connectivity index (χ0n) is 15.8. The van der Waals surface area contributed by atoms with Crippen molar-refractivity contribution in [2.45, 2.75) is 25.6 Å². The molecule has 4 rings (SSSR count). The minimum atomic E-state index is -0.153. The van der Waals surface area contributed by atoms with Crippen molar-refractivity contribution >= 4 is 23.2 Å². The molecule has 2 aromatic rings. The number of ether oxygens (including phenoxy) is 1. The summed E-state index contributed by atoms with van der Waals surface area (Å²) in [6.07, 6.45) is 2.06. The van der Waals surface area contributed by atoms with Gasteiger partial charge in [0.2, 0.25) is 11.8 Å². The molecule has 1 saturated heterocycles. The number of likely N-dealkylation sites (tertiary alicyclic amines) is 1. The molecule has 0 aromatic heterocycles. The van der Waals surface area contributed by atoms with Crippen molar-refractivity contribution in [1.82, 2.24) is 4.90 Å². The van der Waals surface area contributed by atoms with Crippen molar-refractivity contribution in [3.63, 3.8) is 0 Å². The Morgan fingerprint density at radius 3 is 2.54 bits per heavy atom. The number of carbonyl (C=O) groups excluding carboxylic acids is 2. The van der Waals surface area contributed by atoms with Crippen LogP contribution in [0.25, 0.3) is 0 Å². The summed E-state index contributed by atoms with van der Waals surface area (Å²) in [7, 11) is 0. The van der Waals surface area contributed by atoms with Crippen LogP contribution >= 0.6 is 0 Å². The number of para-hydroxylation sites is 2. The monoisotopic (exact) mass is 379 g/mol. The maximum Gasteiger partial charge on any atom is 0.244 e. The first-order valence-electron chi connectivity index (χ1n) is 9.76. The van der Waals surface area contributed by atoms with E-state index in [-0.39, 0.29) is 24.5 Å². The van der Waals surface area contributed by atoms with Gasteiger partial charge in [-0.15, -0.1) is 0 Å². The Kier molecular flexibility index (Phi) is 5.69. The summed E-state index contributed by atoms with van der Waals surface area (Å²) < 4.78 is 6.02. The molecule has 0 radical (unpaired) electrons. The van der Waals surface area contributed by atoms with Crippen LogP contribution in [0.4, 0.5) is 11.4 Å². The van der Waals surface area contributed by atoms with Gasteiger partial charge in [0.1, 0.15) is 6.54 Å². The molecular formula is C22H25N3O3. The van der Waals surface area contributed by atoms with Crippen LogP contribution in [-0.2, 0) is 20.9 Å². The largest absolute Gasteiger partial charge is 0.373 e. The van der Waals surface area contributed by atoms with Gasteiger partial charge in [-0.3, -0.25) is 19.4 Å². The molecule has 0 atom stereocenters. The van der Waals surface area contributed by atoms with Crippen molar-refractivity contribution < 1.29 is 14.3 Å². The van der Waals surface area contributed by atoms with Gasteiger partial charge < -0.3 is 10.1 Å². The highest BCUT2D eigenvalue weighted by Gasteiger charge is 2.29. The third-order valence-corrected chi connectivity index (χ3v) is 5.29. The highest BCUT2D eigenvalue weighted by atomic mass is 16.5. The number of nitrogens with one attached hydrogen (secondary N) is 1. The first-order valence-corrected chi connectivity index (χ1v) is 9.76. The van der Waals surface area contributed by atoms with Crippen LogP contribution in [0.5, 0.6) is 0 Å². The lowest BCUT2D eigenvalue weighted by Gasteiger charge is -2.34. The van der Waals surface area contributed by atoms with Gasteiger partial charge in [-0.2, -0.15) is 0 Å². The molecule has 2 aliphatic rings. The minimum absolute atomic E-state index is 0.0362. The highest BCUT2D eigenvalue weighted by molar-refractivity contribution is 6.10. The van der Waals surface area contributed by atoms with E-state index in [0.717, 1.165) is 31.6 Å². The molecular weight excluding hydrogens is 354 g/mol. The lowest BCUT2D eigenvalue weighted by Crippen LogP contribution is -2.48. The topological polar surface area (TPSA) is 61.9 Å². The van der Waals surface area contributed by atoms with E-state index in [2.05, 4.69) is 22.3 Å². The molecule has 0 bridgehead atoms. The molecule has 6 heteroatoms. The molecule has 2 amide bonds. The van der Waals surface area contributed by atoms with Crippen LogP contribution in [0.3, 0.4) is 0 Å². The zero-order valence-corrected chi connectivity index (χ0v) is 15.8. The third kappa shape index (κ3) is 4.40. The summed E-state index contributed by atoms with van der Waals surface area (Å²) in [6.45, 7) is 2.68. The van der Waals surface area contributed by atoms with Crippen LogP contribution in [-0.4, -0.2) is 49.0 Å². The fourth-order valence-corrected chi connectivity index (χ4v) is 3.75. The summed E-state index contributed by atoms with van der Waals surface area (Å²) in [5.74, 6) is -0.189. The number of carbonyl (C=O) groups is 2. The van der Waals surface area contributed by atoms with Crippen LogP contribution in [0, 0.1) is 0 Å². The average Bonchev–Trinajstić information content (AvgIpc) is 2.73. The summed E-state index contributed by atoms with van der Waals surface area (Å²) in [5.41, 5.74) is 2.65. The molecule has 146 valence electrons. The Bertz CT molecular complexity index is 832. The second kappa shape index (κ2) is 8.54. The maximum atomic E-state index is 12.8. The highest BCUT2D eigenvalue weighted by Crippen LogP contribution is 2.29. The molecule has 2 heterocycles. The van der Waals surface area contributed by atoms with Crippen LogP contribution in [0.2, 0.25) is 0 Å². The predicted molar refractivity (Wildman–Crippen MR) is 108 cm³/mol. The fourth-order valence-electron chi connectivity index (χ4n) is 3.75. The summed E-state index contributed by atoms with van der Waals surface area (Å²) in [4.78, 5) is 28.5. The van der Waals surface area contributed by atoms with Gasteiger partial charge in [0.15, 0.2) is 0 Å². The smallest absolute Gasteiger partial charge is 0.244 e. The van der Waals surface area contributed by atoms with Gasteiger partial charge in [-0.05, 0) is 30.5 Å². The standard InChI is InChI=1S/C22H25N3O3/c26-21-14-25(20-9-5-4-8-19(20)23-21)22(27)15-24-12-10-18(11-13-24)28-16-17-6-2-1-3-7-17/h1-9,18H,10-16H2,(H,23,26). The normalized spacial score (nSPS) is 17.9. The van der Waals surface area contributed by atoms with E-state index in [4.69, 9.17) is 4.74 Å². The zero-order chi connectivity index (χ0) is 19.3.